The number of amides is 1. The molecule has 0 fully saturated rings. The zero-order valence-electron chi connectivity index (χ0n) is 17.2. The summed E-state index contributed by atoms with van der Waals surface area (Å²) in [6, 6.07) is 9.48. The second kappa shape index (κ2) is 9.52. The van der Waals surface area contributed by atoms with Crippen LogP contribution >= 0.6 is 23.1 Å². The molecule has 0 saturated carbocycles. The van der Waals surface area contributed by atoms with Crippen LogP contribution < -0.4 is 10.1 Å². The van der Waals surface area contributed by atoms with Gasteiger partial charge >= 0.3 is 5.97 Å². The van der Waals surface area contributed by atoms with Crippen LogP contribution in [0.4, 0.5) is 5.00 Å². The van der Waals surface area contributed by atoms with Crippen molar-refractivity contribution in [2.45, 2.75) is 31.0 Å². The van der Waals surface area contributed by atoms with Crippen LogP contribution in [-0.4, -0.2) is 39.5 Å². The molecule has 4 rings (SSSR count). The van der Waals surface area contributed by atoms with E-state index in [0.717, 1.165) is 35.5 Å². The number of nitrogens with one attached hydrogen (secondary N) is 1. The number of nitrogens with zero attached hydrogens (tertiary/aromatic N) is 3. The SMILES string of the molecule is COC(=O)c1c(NC(=O)CSc2nnc(COc3ccccc3)n2C)sc2c1CCC2. The monoisotopic (exact) mass is 458 g/mol. The number of rotatable bonds is 8. The number of aryl methyl sites for hydroxylation is 1. The van der Waals surface area contributed by atoms with E-state index in [0.29, 0.717) is 21.5 Å². The van der Waals surface area contributed by atoms with E-state index < -0.39 is 5.97 Å². The number of benzene rings is 1. The first-order valence-electron chi connectivity index (χ1n) is 9.78. The molecule has 0 spiro atoms. The predicted octanol–water partition coefficient (Wildman–Crippen LogP) is 3.46. The van der Waals surface area contributed by atoms with Crippen LogP contribution in [0.2, 0.25) is 0 Å². The summed E-state index contributed by atoms with van der Waals surface area (Å²) in [5.41, 5.74) is 1.51. The van der Waals surface area contributed by atoms with Crippen LogP contribution in [0.25, 0.3) is 0 Å². The summed E-state index contributed by atoms with van der Waals surface area (Å²) < 4.78 is 12.4. The van der Waals surface area contributed by atoms with Crippen LogP contribution in [-0.2, 0) is 36.0 Å². The highest BCUT2D eigenvalue weighted by Crippen LogP contribution is 2.39. The molecule has 1 N–H and O–H groups in total. The fourth-order valence-electron chi connectivity index (χ4n) is 3.36. The lowest BCUT2D eigenvalue weighted by Gasteiger charge is -2.08. The summed E-state index contributed by atoms with van der Waals surface area (Å²) >= 11 is 2.74. The van der Waals surface area contributed by atoms with E-state index in [-0.39, 0.29) is 18.3 Å². The second-order valence-corrected chi connectivity index (χ2v) is 9.00. The smallest absolute Gasteiger partial charge is 0.341 e. The Kier molecular flexibility index (Phi) is 6.57. The normalized spacial score (nSPS) is 12.5. The number of hydrogen-bond donors (Lipinski definition) is 1. The number of methoxy groups -OCH3 is 1. The number of para-hydroxylation sites is 1. The average molecular weight is 459 g/mol. The standard InChI is InChI=1S/C21H22N4O4S2/c1-25-16(11-29-13-7-4-3-5-8-13)23-24-21(25)30-12-17(26)22-19-18(20(27)28-2)14-9-6-10-15(14)31-19/h3-5,7-8H,6,9-12H2,1-2H3,(H,22,26). The van der Waals surface area contributed by atoms with Gasteiger partial charge in [0.15, 0.2) is 11.0 Å². The molecule has 0 aliphatic heterocycles. The molecule has 2 heterocycles. The molecule has 1 aromatic carbocycles. The Hall–Kier alpha value is -2.85. The van der Waals surface area contributed by atoms with Gasteiger partial charge in [-0.25, -0.2) is 4.79 Å². The van der Waals surface area contributed by atoms with Crippen LogP contribution in [0.1, 0.15) is 33.0 Å². The molecule has 1 amide bonds. The number of thiophene rings is 1. The minimum absolute atomic E-state index is 0.148. The van der Waals surface area contributed by atoms with Gasteiger partial charge in [-0.15, -0.1) is 21.5 Å². The number of ether oxygens (including phenoxy) is 2. The minimum Gasteiger partial charge on any atom is -0.486 e. The molecule has 31 heavy (non-hydrogen) atoms. The first-order chi connectivity index (χ1) is 15.1. The van der Waals surface area contributed by atoms with Crippen molar-refractivity contribution in [1.82, 2.24) is 14.8 Å². The average Bonchev–Trinajstić information content (AvgIpc) is 3.46. The zero-order valence-corrected chi connectivity index (χ0v) is 18.8. The van der Waals surface area contributed by atoms with Crippen LogP contribution in [0, 0.1) is 0 Å². The minimum atomic E-state index is -0.404. The third kappa shape index (κ3) is 4.75. The Morgan fingerprint density at radius 2 is 2.03 bits per heavy atom. The van der Waals surface area contributed by atoms with Crippen molar-refractivity contribution >= 4 is 40.0 Å². The van der Waals surface area contributed by atoms with E-state index in [9.17, 15) is 9.59 Å². The van der Waals surface area contributed by atoms with E-state index in [2.05, 4.69) is 15.5 Å². The molecular formula is C21H22N4O4S2. The third-order valence-electron chi connectivity index (χ3n) is 4.93. The lowest BCUT2D eigenvalue weighted by molar-refractivity contribution is -0.113. The summed E-state index contributed by atoms with van der Waals surface area (Å²) in [4.78, 5) is 25.9. The summed E-state index contributed by atoms with van der Waals surface area (Å²) in [5.74, 6) is 0.950. The van der Waals surface area contributed by atoms with Gasteiger partial charge in [0.1, 0.15) is 17.4 Å². The van der Waals surface area contributed by atoms with Gasteiger partial charge < -0.3 is 19.4 Å². The molecule has 0 saturated heterocycles. The summed E-state index contributed by atoms with van der Waals surface area (Å²) in [7, 11) is 3.19. The van der Waals surface area contributed by atoms with Crippen molar-refractivity contribution in [3.05, 3.63) is 52.2 Å². The van der Waals surface area contributed by atoms with Gasteiger partial charge in [0.2, 0.25) is 5.91 Å². The molecular weight excluding hydrogens is 436 g/mol. The number of thioether (sulfide) groups is 1. The number of carbonyl (C=O) groups is 2. The lowest BCUT2D eigenvalue weighted by Crippen LogP contribution is -2.16. The summed E-state index contributed by atoms with van der Waals surface area (Å²) in [5, 5.41) is 12.4. The van der Waals surface area contributed by atoms with Gasteiger partial charge in [-0.2, -0.15) is 0 Å². The van der Waals surface area contributed by atoms with Crippen LogP contribution in [0.3, 0.4) is 0 Å². The number of hydrogen-bond acceptors (Lipinski definition) is 8. The quantitative estimate of drug-likeness (QED) is 0.408. The molecule has 1 aliphatic carbocycles. The van der Waals surface area contributed by atoms with E-state index in [4.69, 9.17) is 9.47 Å². The second-order valence-electron chi connectivity index (χ2n) is 6.95. The Morgan fingerprint density at radius 3 is 2.81 bits per heavy atom. The number of carbonyl (C=O) groups excluding carboxylic acids is 2. The van der Waals surface area contributed by atoms with E-state index in [1.54, 1.807) is 4.57 Å². The van der Waals surface area contributed by atoms with Crippen molar-refractivity contribution < 1.29 is 19.1 Å². The van der Waals surface area contributed by atoms with Crippen molar-refractivity contribution in [3.63, 3.8) is 0 Å². The maximum atomic E-state index is 12.5. The molecule has 0 unspecified atom stereocenters. The van der Waals surface area contributed by atoms with E-state index in [1.807, 2.05) is 37.4 Å². The van der Waals surface area contributed by atoms with Gasteiger partial charge in [-0.05, 0) is 37.0 Å². The maximum Gasteiger partial charge on any atom is 0.341 e. The Balaban J connectivity index is 1.36. The predicted molar refractivity (Wildman–Crippen MR) is 119 cm³/mol. The number of esters is 1. The lowest BCUT2D eigenvalue weighted by atomic mass is 10.1. The molecule has 0 atom stereocenters. The van der Waals surface area contributed by atoms with Crippen molar-refractivity contribution in [1.29, 1.82) is 0 Å². The van der Waals surface area contributed by atoms with Gasteiger partial charge in [0.05, 0.1) is 18.4 Å². The molecule has 3 aromatic rings. The highest BCUT2D eigenvalue weighted by Gasteiger charge is 2.28. The largest absolute Gasteiger partial charge is 0.486 e. The van der Waals surface area contributed by atoms with E-state index >= 15 is 0 Å². The first kappa shape index (κ1) is 21.4. The van der Waals surface area contributed by atoms with Crippen LogP contribution in [0.15, 0.2) is 35.5 Å². The topological polar surface area (TPSA) is 95.3 Å². The third-order valence-corrected chi connectivity index (χ3v) is 7.16. The fourth-order valence-corrected chi connectivity index (χ4v) is 5.39. The molecule has 162 valence electrons. The number of aromatic nitrogens is 3. The molecule has 0 radical (unpaired) electrons. The first-order valence-corrected chi connectivity index (χ1v) is 11.6. The number of fused-ring (bicyclic) bond motifs is 1. The van der Waals surface area contributed by atoms with Gasteiger partial charge in [-0.3, -0.25) is 4.79 Å². The van der Waals surface area contributed by atoms with Crippen LogP contribution in [0.5, 0.6) is 5.75 Å². The molecule has 8 nitrogen and oxygen atoms in total. The molecule has 1 aliphatic rings. The Morgan fingerprint density at radius 1 is 1.23 bits per heavy atom. The maximum absolute atomic E-state index is 12.5. The number of anilines is 1. The fraction of sp³-hybridized carbons (Fsp3) is 0.333. The van der Waals surface area contributed by atoms with Crippen molar-refractivity contribution in [3.8, 4) is 5.75 Å². The van der Waals surface area contributed by atoms with Gasteiger partial charge in [0, 0.05) is 11.9 Å². The van der Waals surface area contributed by atoms with Crippen molar-refractivity contribution in [2.75, 3.05) is 18.2 Å². The van der Waals surface area contributed by atoms with Crippen molar-refractivity contribution in [2.24, 2.45) is 7.05 Å². The Labute approximate surface area is 188 Å². The van der Waals surface area contributed by atoms with E-state index in [1.165, 1.54) is 30.2 Å². The molecule has 2 aromatic heterocycles. The highest BCUT2D eigenvalue weighted by molar-refractivity contribution is 7.99. The molecule has 0 bridgehead atoms. The molecule has 10 heteroatoms. The van der Waals surface area contributed by atoms with Gasteiger partial charge in [-0.1, -0.05) is 30.0 Å². The Bertz CT molecular complexity index is 1090. The summed E-state index contributed by atoms with van der Waals surface area (Å²) in [6.07, 6.45) is 2.80. The zero-order chi connectivity index (χ0) is 21.8. The highest BCUT2D eigenvalue weighted by atomic mass is 32.2. The van der Waals surface area contributed by atoms with Gasteiger partial charge in [0.25, 0.3) is 0 Å². The summed E-state index contributed by atoms with van der Waals surface area (Å²) in [6.45, 7) is 0.281.